The smallest absolute Gasteiger partial charge is 0.0209 e. The highest BCUT2D eigenvalue weighted by atomic mass is 35.5. The molecule has 0 fully saturated rings. The molecule has 0 bridgehead atoms. The van der Waals surface area contributed by atoms with Gasteiger partial charge in [-0.2, -0.15) is 0 Å². The zero-order valence-corrected chi connectivity index (χ0v) is 7.05. The highest BCUT2D eigenvalue weighted by Crippen LogP contribution is 2.17. The normalized spacial score (nSPS) is 12.9. The maximum atomic E-state index is 5.83. The van der Waals surface area contributed by atoms with Crippen LogP contribution in [0.3, 0.4) is 0 Å². The van der Waals surface area contributed by atoms with E-state index in [0.717, 1.165) is 22.6 Å². The van der Waals surface area contributed by atoms with Crippen molar-refractivity contribution in [2.45, 2.75) is 27.2 Å². The van der Waals surface area contributed by atoms with Crippen LogP contribution < -0.4 is 0 Å². The van der Waals surface area contributed by atoms with E-state index in [1.807, 2.05) is 20.8 Å². The van der Waals surface area contributed by atoms with E-state index < -0.39 is 0 Å². The Bertz CT molecular complexity index is 143. The van der Waals surface area contributed by atoms with Gasteiger partial charge in [-0.25, -0.2) is 0 Å². The van der Waals surface area contributed by atoms with Crippen LogP contribution in [0, 0.1) is 0 Å². The number of hydrogen-bond acceptors (Lipinski definition) is 0. The molecule has 0 atom stereocenters. The molecule has 0 amide bonds. The number of halogens is 1. The van der Waals surface area contributed by atoms with Crippen LogP contribution in [0.15, 0.2) is 22.8 Å². The van der Waals surface area contributed by atoms with Crippen molar-refractivity contribution in [2.24, 2.45) is 0 Å². The fraction of sp³-hybridized carbons (Fsp3) is 0.500. The van der Waals surface area contributed by atoms with Gasteiger partial charge in [0.15, 0.2) is 0 Å². The van der Waals surface area contributed by atoms with Gasteiger partial charge in [-0.05, 0) is 25.8 Å². The van der Waals surface area contributed by atoms with Crippen LogP contribution in [-0.2, 0) is 0 Å². The van der Waals surface area contributed by atoms with Crippen molar-refractivity contribution in [3.8, 4) is 0 Å². The van der Waals surface area contributed by atoms with Crippen molar-refractivity contribution in [1.82, 2.24) is 0 Å². The van der Waals surface area contributed by atoms with Crippen molar-refractivity contribution in [2.75, 3.05) is 0 Å². The molecule has 0 N–H and O–H groups in total. The molecule has 0 radical (unpaired) electrons. The predicted molar refractivity (Wildman–Crippen MR) is 43.7 cm³/mol. The fourth-order valence-corrected chi connectivity index (χ4v) is 0.658. The summed E-state index contributed by atoms with van der Waals surface area (Å²) >= 11 is 5.83. The summed E-state index contributed by atoms with van der Waals surface area (Å²) in [5.41, 5.74) is 2.18. The van der Waals surface area contributed by atoms with Crippen molar-refractivity contribution in [1.29, 1.82) is 0 Å². The lowest BCUT2D eigenvalue weighted by Gasteiger charge is -2.00. The van der Waals surface area contributed by atoms with Gasteiger partial charge in [-0.1, -0.05) is 30.7 Å². The summed E-state index contributed by atoms with van der Waals surface area (Å²) in [7, 11) is 0. The minimum Gasteiger partial charge on any atom is -0.0958 e. The van der Waals surface area contributed by atoms with E-state index in [9.17, 15) is 0 Å². The lowest BCUT2D eigenvalue weighted by Crippen LogP contribution is -1.80. The van der Waals surface area contributed by atoms with Crippen LogP contribution in [0.25, 0.3) is 0 Å². The first kappa shape index (κ1) is 8.77. The van der Waals surface area contributed by atoms with Crippen LogP contribution in [0.2, 0.25) is 0 Å². The third-order valence-corrected chi connectivity index (χ3v) is 1.91. The first-order valence-corrected chi connectivity index (χ1v) is 3.48. The molecule has 0 aromatic heterocycles. The minimum absolute atomic E-state index is 0.903. The van der Waals surface area contributed by atoms with E-state index in [2.05, 4.69) is 6.58 Å². The van der Waals surface area contributed by atoms with Gasteiger partial charge in [-0.3, -0.25) is 0 Å². The maximum Gasteiger partial charge on any atom is 0.0209 e. The number of hydrogen-bond donors (Lipinski definition) is 0. The Morgan fingerprint density at radius 1 is 1.44 bits per heavy atom. The molecule has 0 aliphatic rings. The van der Waals surface area contributed by atoms with Crippen molar-refractivity contribution in [3.63, 3.8) is 0 Å². The van der Waals surface area contributed by atoms with E-state index in [0.29, 0.717) is 0 Å². The third-order valence-electron chi connectivity index (χ3n) is 1.36. The van der Waals surface area contributed by atoms with Crippen molar-refractivity contribution < 1.29 is 0 Å². The molecule has 1 heteroatoms. The third kappa shape index (κ3) is 2.71. The van der Waals surface area contributed by atoms with E-state index in [4.69, 9.17) is 11.6 Å². The van der Waals surface area contributed by atoms with Gasteiger partial charge < -0.3 is 0 Å². The molecule has 0 aromatic carbocycles. The van der Waals surface area contributed by atoms with Gasteiger partial charge in [-0.15, -0.1) is 0 Å². The zero-order chi connectivity index (χ0) is 7.44. The highest BCUT2D eigenvalue weighted by molar-refractivity contribution is 6.30. The second-order valence-corrected chi connectivity index (χ2v) is 2.62. The molecule has 0 rings (SSSR count). The molecular weight excluding hydrogens is 132 g/mol. The summed E-state index contributed by atoms with van der Waals surface area (Å²) in [6.45, 7) is 9.78. The number of rotatable bonds is 2. The standard InChI is InChI=1S/C8H13Cl/c1-5-8(9)7(4)6(2)3/h2,5H2,1,3-4H3. The molecule has 0 nitrogen and oxygen atoms in total. The maximum absolute atomic E-state index is 5.83. The molecule has 9 heavy (non-hydrogen) atoms. The minimum atomic E-state index is 0.903. The van der Waals surface area contributed by atoms with Crippen LogP contribution in [-0.4, -0.2) is 0 Å². The SMILES string of the molecule is C=C(C)C(C)=C(Cl)CC. The summed E-state index contributed by atoms with van der Waals surface area (Å²) in [4.78, 5) is 0. The monoisotopic (exact) mass is 144 g/mol. The van der Waals surface area contributed by atoms with Crippen LogP contribution in [0.5, 0.6) is 0 Å². The Morgan fingerprint density at radius 2 is 1.89 bits per heavy atom. The summed E-state index contributed by atoms with van der Waals surface area (Å²) in [6.07, 6.45) is 0.903. The first-order valence-electron chi connectivity index (χ1n) is 3.10. The molecule has 0 saturated heterocycles. The molecule has 0 spiro atoms. The van der Waals surface area contributed by atoms with Gasteiger partial charge in [0.25, 0.3) is 0 Å². The summed E-state index contributed by atoms with van der Waals surface area (Å²) < 4.78 is 0. The van der Waals surface area contributed by atoms with Gasteiger partial charge >= 0.3 is 0 Å². The van der Waals surface area contributed by atoms with E-state index in [1.165, 1.54) is 0 Å². The fourth-order valence-electron chi connectivity index (χ4n) is 0.497. The lowest BCUT2D eigenvalue weighted by atomic mass is 10.1. The summed E-state index contributed by atoms with van der Waals surface area (Å²) in [5, 5.41) is 0.919. The summed E-state index contributed by atoms with van der Waals surface area (Å²) in [6, 6.07) is 0. The van der Waals surface area contributed by atoms with Crippen molar-refractivity contribution >= 4 is 11.6 Å². The topological polar surface area (TPSA) is 0 Å². The molecule has 0 aromatic rings. The Morgan fingerprint density at radius 3 is 2.00 bits per heavy atom. The largest absolute Gasteiger partial charge is 0.0958 e. The Balaban J connectivity index is 4.28. The average molecular weight is 145 g/mol. The molecule has 0 unspecified atom stereocenters. The number of allylic oxidation sites excluding steroid dienone is 3. The second-order valence-electron chi connectivity index (χ2n) is 2.16. The predicted octanol–water partition coefficient (Wildman–Crippen LogP) is 3.49. The lowest BCUT2D eigenvalue weighted by molar-refractivity contribution is 1.15. The van der Waals surface area contributed by atoms with Gasteiger partial charge in [0.05, 0.1) is 0 Å². The quantitative estimate of drug-likeness (QED) is 0.521. The van der Waals surface area contributed by atoms with Crippen LogP contribution >= 0.6 is 11.6 Å². The molecule has 0 aliphatic carbocycles. The first-order chi connectivity index (χ1) is 4.09. The van der Waals surface area contributed by atoms with E-state index in [-0.39, 0.29) is 0 Å². The molecular formula is C8H13Cl. The molecule has 52 valence electrons. The Labute approximate surface area is 62.2 Å². The van der Waals surface area contributed by atoms with Gasteiger partial charge in [0.2, 0.25) is 0 Å². The highest BCUT2D eigenvalue weighted by Gasteiger charge is 1.95. The van der Waals surface area contributed by atoms with E-state index >= 15 is 0 Å². The van der Waals surface area contributed by atoms with Crippen molar-refractivity contribution in [3.05, 3.63) is 22.8 Å². The van der Waals surface area contributed by atoms with Crippen LogP contribution in [0.4, 0.5) is 0 Å². The van der Waals surface area contributed by atoms with Gasteiger partial charge in [0, 0.05) is 5.03 Å². The molecule has 0 aliphatic heterocycles. The second kappa shape index (κ2) is 3.73. The average Bonchev–Trinajstić information content (AvgIpc) is 1.84. The molecule has 0 heterocycles. The summed E-state index contributed by atoms with van der Waals surface area (Å²) in [5.74, 6) is 0. The Hall–Kier alpha value is -0.230. The zero-order valence-electron chi connectivity index (χ0n) is 6.29. The Kier molecular flexibility index (Phi) is 3.64. The van der Waals surface area contributed by atoms with Gasteiger partial charge in [0.1, 0.15) is 0 Å². The van der Waals surface area contributed by atoms with Crippen LogP contribution in [0.1, 0.15) is 27.2 Å². The van der Waals surface area contributed by atoms with E-state index in [1.54, 1.807) is 0 Å². The molecule has 0 saturated carbocycles.